The average Bonchev–Trinajstić information content (AvgIpc) is 2.99. The van der Waals surface area contributed by atoms with Gasteiger partial charge in [0, 0.05) is 29.7 Å². The molecule has 0 saturated heterocycles. The molecule has 1 aliphatic rings. The number of hydrogen-bond donors (Lipinski definition) is 1. The van der Waals surface area contributed by atoms with Crippen LogP contribution in [0.5, 0.6) is 0 Å². The molecule has 2 heteroatoms. The fraction of sp³-hybridized carbons (Fsp3) is 0.500. The van der Waals surface area contributed by atoms with Crippen molar-refractivity contribution in [3.8, 4) is 0 Å². The molecule has 0 radical (unpaired) electrons. The minimum absolute atomic E-state index is 0.107. The summed E-state index contributed by atoms with van der Waals surface area (Å²) in [5.74, 6) is 0.875. The van der Waals surface area contributed by atoms with Crippen LogP contribution in [-0.2, 0) is 6.54 Å². The summed E-state index contributed by atoms with van der Waals surface area (Å²) in [6, 6.07) is 8.83. The van der Waals surface area contributed by atoms with Crippen LogP contribution in [0.25, 0.3) is 10.9 Å². The normalized spacial score (nSPS) is 18.6. The SMILES string of the molecule is CC(N)c1cccc2c1ccn2CC1CCCC1. The summed E-state index contributed by atoms with van der Waals surface area (Å²) in [7, 11) is 0. The van der Waals surface area contributed by atoms with Crippen LogP contribution < -0.4 is 5.73 Å². The highest BCUT2D eigenvalue weighted by molar-refractivity contribution is 5.84. The molecule has 2 aromatic rings. The van der Waals surface area contributed by atoms with E-state index in [1.165, 1.54) is 48.7 Å². The number of nitrogens with zero attached hydrogens (tertiary/aromatic N) is 1. The van der Waals surface area contributed by atoms with Gasteiger partial charge in [-0.05, 0) is 43.4 Å². The second-order valence-corrected chi connectivity index (χ2v) is 5.69. The Balaban J connectivity index is 1.96. The van der Waals surface area contributed by atoms with Crippen LogP contribution in [-0.4, -0.2) is 4.57 Å². The predicted octanol–water partition coefficient (Wildman–Crippen LogP) is 3.85. The molecule has 1 aromatic heterocycles. The van der Waals surface area contributed by atoms with E-state index in [-0.39, 0.29) is 6.04 Å². The van der Waals surface area contributed by atoms with Gasteiger partial charge < -0.3 is 10.3 Å². The van der Waals surface area contributed by atoms with E-state index < -0.39 is 0 Å². The molecule has 1 heterocycles. The highest BCUT2D eigenvalue weighted by atomic mass is 15.0. The lowest BCUT2D eigenvalue weighted by atomic mass is 10.0. The molecule has 0 aliphatic heterocycles. The number of nitrogens with two attached hydrogens (primary N) is 1. The Morgan fingerprint density at radius 3 is 2.78 bits per heavy atom. The van der Waals surface area contributed by atoms with Crippen LogP contribution in [0.2, 0.25) is 0 Å². The number of hydrogen-bond acceptors (Lipinski definition) is 1. The van der Waals surface area contributed by atoms with Gasteiger partial charge in [-0.25, -0.2) is 0 Å². The van der Waals surface area contributed by atoms with Gasteiger partial charge in [-0.15, -0.1) is 0 Å². The van der Waals surface area contributed by atoms with Gasteiger partial charge in [0.05, 0.1) is 0 Å². The molecule has 0 amide bonds. The van der Waals surface area contributed by atoms with E-state index in [4.69, 9.17) is 5.73 Å². The first-order valence-electron chi connectivity index (χ1n) is 7.09. The van der Waals surface area contributed by atoms with E-state index in [0.717, 1.165) is 5.92 Å². The van der Waals surface area contributed by atoms with Gasteiger partial charge in [0.15, 0.2) is 0 Å². The first-order chi connectivity index (χ1) is 8.75. The lowest BCUT2D eigenvalue weighted by Crippen LogP contribution is -2.07. The molecular formula is C16H22N2. The van der Waals surface area contributed by atoms with Gasteiger partial charge in [-0.3, -0.25) is 0 Å². The fourth-order valence-electron chi connectivity index (χ4n) is 3.27. The number of aromatic nitrogens is 1. The maximum Gasteiger partial charge on any atom is 0.0483 e. The van der Waals surface area contributed by atoms with Crippen LogP contribution in [0, 0.1) is 5.92 Å². The van der Waals surface area contributed by atoms with Gasteiger partial charge in [0.2, 0.25) is 0 Å². The molecule has 0 bridgehead atoms. The Morgan fingerprint density at radius 2 is 2.06 bits per heavy atom. The topological polar surface area (TPSA) is 30.9 Å². The van der Waals surface area contributed by atoms with Gasteiger partial charge in [0.25, 0.3) is 0 Å². The van der Waals surface area contributed by atoms with E-state index in [2.05, 4.69) is 42.0 Å². The molecule has 2 N–H and O–H groups in total. The summed E-state index contributed by atoms with van der Waals surface area (Å²) in [4.78, 5) is 0. The van der Waals surface area contributed by atoms with Gasteiger partial charge >= 0.3 is 0 Å². The number of benzene rings is 1. The van der Waals surface area contributed by atoms with Crippen molar-refractivity contribution in [2.75, 3.05) is 0 Å². The molecule has 18 heavy (non-hydrogen) atoms. The molecule has 1 unspecified atom stereocenters. The third kappa shape index (κ3) is 2.05. The van der Waals surface area contributed by atoms with Crippen LogP contribution in [0.4, 0.5) is 0 Å². The molecule has 96 valence electrons. The maximum atomic E-state index is 6.04. The monoisotopic (exact) mass is 242 g/mol. The Bertz CT molecular complexity index is 533. The smallest absolute Gasteiger partial charge is 0.0483 e. The molecular weight excluding hydrogens is 220 g/mol. The van der Waals surface area contributed by atoms with E-state index in [1.54, 1.807) is 0 Å². The Hall–Kier alpha value is -1.28. The summed E-state index contributed by atoms with van der Waals surface area (Å²) in [5.41, 5.74) is 8.65. The Morgan fingerprint density at radius 1 is 1.28 bits per heavy atom. The van der Waals surface area contributed by atoms with Crippen LogP contribution in [0.1, 0.15) is 44.2 Å². The zero-order valence-electron chi connectivity index (χ0n) is 11.1. The van der Waals surface area contributed by atoms with Crippen molar-refractivity contribution >= 4 is 10.9 Å². The molecule has 1 saturated carbocycles. The van der Waals surface area contributed by atoms with E-state index in [1.807, 2.05) is 0 Å². The number of rotatable bonds is 3. The summed E-state index contributed by atoms with van der Waals surface area (Å²) >= 11 is 0. The first-order valence-corrected chi connectivity index (χ1v) is 7.09. The van der Waals surface area contributed by atoms with Crippen LogP contribution in [0.15, 0.2) is 30.5 Å². The van der Waals surface area contributed by atoms with Crippen molar-refractivity contribution in [1.29, 1.82) is 0 Å². The quantitative estimate of drug-likeness (QED) is 0.870. The third-order valence-electron chi connectivity index (χ3n) is 4.27. The largest absolute Gasteiger partial charge is 0.347 e. The van der Waals surface area contributed by atoms with Crippen molar-refractivity contribution in [1.82, 2.24) is 4.57 Å². The van der Waals surface area contributed by atoms with Crippen LogP contribution in [0.3, 0.4) is 0 Å². The lowest BCUT2D eigenvalue weighted by molar-refractivity contribution is 0.466. The predicted molar refractivity (Wildman–Crippen MR) is 76.5 cm³/mol. The van der Waals surface area contributed by atoms with Crippen molar-refractivity contribution in [2.24, 2.45) is 11.7 Å². The summed E-state index contributed by atoms with van der Waals surface area (Å²) < 4.78 is 2.41. The van der Waals surface area contributed by atoms with Crippen molar-refractivity contribution in [3.05, 3.63) is 36.0 Å². The van der Waals surface area contributed by atoms with Gasteiger partial charge in [-0.2, -0.15) is 0 Å². The second-order valence-electron chi connectivity index (χ2n) is 5.69. The summed E-state index contributed by atoms with van der Waals surface area (Å²) in [6.07, 6.45) is 7.85. The van der Waals surface area contributed by atoms with Gasteiger partial charge in [0.1, 0.15) is 0 Å². The standard InChI is InChI=1S/C16H22N2/c1-12(17)14-7-4-8-16-15(14)9-10-18(16)11-13-5-2-3-6-13/h4,7-10,12-13H,2-3,5-6,11,17H2,1H3. The van der Waals surface area contributed by atoms with E-state index in [0.29, 0.717) is 0 Å². The third-order valence-corrected chi connectivity index (χ3v) is 4.27. The summed E-state index contributed by atoms with van der Waals surface area (Å²) in [6.45, 7) is 3.23. The Labute approximate surface area is 109 Å². The lowest BCUT2D eigenvalue weighted by Gasteiger charge is -2.13. The maximum absolute atomic E-state index is 6.04. The zero-order valence-corrected chi connectivity index (χ0v) is 11.1. The first kappa shape index (κ1) is 11.8. The molecule has 3 rings (SSSR count). The highest BCUT2D eigenvalue weighted by Gasteiger charge is 2.16. The van der Waals surface area contributed by atoms with E-state index in [9.17, 15) is 0 Å². The van der Waals surface area contributed by atoms with E-state index >= 15 is 0 Å². The highest BCUT2D eigenvalue weighted by Crippen LogP contribution is 2.29. The molecule has 1 aromatic carbocycles. The zero-order chi connectivity index (χ0) is 12.5. The van der Waals surface area contributed by atoms with Gasteiger partial charge in [-0.1, -0.05) is 25.0 Å². The molecule has 2 nitrogen and oxygen atoms in total. The molecule has 1 aliphatic carbocycles. The van der Waals surface area contributed by atoms with Crippen molar-refractivity contribution < 1.29 is 0 Å². The average molecular weight is 242 g/mol. The second kappa shape index (κ2) is 4.77. The molecule has 1 fully saturated rings. The Kier molecular flexibility index (Phi) is 3.13. The number of fused-ring (bicyclic) bond motifs is 1. The molecule has 0 spiro atoms. The fourth-order valence-corrected chi connectivity index (χ4v) is 3.27. The minimum Gasteiger partial charge on any atom is -0.347 e. The van der Waals surface area contributed by atoms with Crippen LogP contribution >= 0.6 is 0 Å². The van der Waals surface area contributed by atoms with Crippen molar-refractivity contribution in [3.63, 3.8) is 0 Å². The van der Waals surface area contributed by atoms with Crippen molar-refractivity contribution in [2.45, 2.75) is 45.2 Å². The summed E-state index contributed by atoms with van der Waals surface area (Å²) in [5, 5.41) is 1.32. The minimum atomic E-state index is 0.107. The molecule has 1 atom stereocenters.